The maximum atomic E-state index is 11.0. The van der Waals surface area contributed by atoms with Gasteiger partial charge in [-0.3, -0.25) is 4.79 Å². The predicted octanol–water partition coefficient (Wildman–Crippen LogP) is 1.49. The van der Waals surface area contributed by atoms with Crippen molar-refractivity contribution in [2.45, 2.75) is 25.9 Å². The number of carbonyl (C=O) groups is 1. The first-order valence-corrected chi connectivity index (χ1v) is 3.66. The van der Waals surface area contributed by atoms with Crippen molar-refractivity contribution in [3.8, 4) is 0 Å². The second kappa shape index (κ2) is 3.38. The van der Waals surface area contributed by atoms with Crippen LogP contribution in [0.3, 0.4) is 0 Å². The number of ether oxygens (including phenoxy) is 1. The molecule has 0 spiro atoms. The summed E-state index contributed by atoms with van der Waals surface area (Å²) in [4.78, 5) is 11.0. The monoisotopic (exact) mass is 170 g/mol. The summed E-state index contributed by atoms with van der Waals surface area (Å²) in [6, 6.07) is 0. The molecule has 1 heterocycles. The molecule has 66 valence electrons. The smallest absolute Gasteiger partial charge is 0.310 e. The summed E-state index contributed by atoms with van der Waals surface area (Å²) < 4.78 is 4.73. The van der Waals surface area contributed by atoms with Crippen molar-refractivity contribution in [1.29, 1.82) is 0 Å². The fourth-order valence-electron chi connectivity index (χ4n) is 0.809. The first kappa shape index (κ1) is 8.76. The molecule has 0 aromatic carbocycles. The second-order valence-corrected chi connectivity index (χ2v) is 2.58. The van der Waals surface area contributed by atoms with Crippen LogP contribution in [0.4, 0.5) is 0 Å². The van der Waals surface area contributed by atoms with Gasteiger partial charge in [0.1, 0.15) is 0 Å². The van der Waals surface area contributed by atoms with E-state index in [1.54, 1.807) is 13.8 Å². The number of carbonyl (C=O) groups excluding carboxylic acids is 1. The molecule has 0 aliphatic carbocycles. The van der Waals surface area contributed by atoms with E-state index >= 15 is 0 Å². The van der Waals surface area contributed by atoms with E-state index in [2.05, 4.69) is 20.7 Å². The molecule has 0 atom stereocenters. The van der Waals surface area contributed by atoms with Crippen LogP contribution in [0, 0.1) is 0 Å². The van der Waals surface area contributed by atoms with E-state index in [-0.39, 0.29) is 12.4 Å². The van der Waals surface area contributed by atoms with Crippen LogP contribution in [0.2, 0.25) is 0 Å². The van der Waals surface area contributed by atoms with Crippen molar-refractivity contribution in [3.05, 3.63) is 0 Å². The van der Waals surface area contributed by atoms with Crippen LogP contribution < -0.4 is 0 Å². The van der Waals surface area contributed by atoms with E-state index < -0.39 is 5.66 Å². The zero-order valence-corrected chi connectivity index (χ0v) is 7.02. The summed E-state index contributed by atoms with van der Waals surface area (Å²) in [6.45, 7) is 3.78. The fourth-order valence-corrected chi connectivity index (χ4v) is 0.809. The lowest BCUT2D eigenvalue weighted by Gasteiger charge is -2.11. The van der Waals surface area contributed by atoms with Crippen LogP contribution in [0.15, 0.2) is 20.7 Å². The Bertz CT molecular complexity index is 224. The standard InChI is InChI=1S/C6H10N4O2/c1-3-12-5(11)4-6(2)7-9-10-8-6/h3-4H2,1-2H3. The molecule has 0 bridgehead atoms. The van der Waals surface area contributed by atoms with Crippen molar-refractivity contribution >= 4 is 5.97 Å². The van der Waals surface area contributed by atoms with Crippen LogP contribution in [0.25, 0.3) is 0 Å². The molecule has 0 aromatic heterocycles. The largest absolute Gasteiger partial charge is 0.466 e. The lowest BCUT2D eigenvalue weighted by Crippen LogP contribution is -2.22. The molecule has 0 fully saturated rings. The third-order valence-electron chi connectivity index (χ3n) is 1.34. The summed E-state index contributed by atoms with van der Waals surface area (Å²) in [5.74, 6) is -0.334. The van der Waals surface area contributed by atoms with Crippen LogP contribution in [-0.4, -0.2) is 18.2 Å². The normalized spacial score (nSPS) is 18.2. The van der Waals surface area contributed by atoms with E-state index in [0.29, 0.717) is 6.61 Å². The van der Waals surface area contributed by atoms with Gasteiger partial charge in [-0.2, -0.15) is 0 Å². The Morgan fingerprint density at radius 1 is 1.42 bits per heavy atom. The average molecular weight is 170 g/mol. The van der Waals surface area contributed by atoms with Gasteiger partial charge in [-0.25, -0.2) is 0 Å². The summed E-state index contributed by atoms with van der Waals surface area (Å²) in [5, 5.41) is 14.0. The minimum atomic E-state index is -0.841. The molecule has 1 rings (SSSR count). The quantitative estimate of drug-likeness (QED) is 0.601. The number of rotatable bonds is 3. The number of hydrogen-bond acceptors (Lipinski definition) is 6. The summed E-state index contributed by atoms with van der Waals surface area (Å²) in [6.07, 6.45) is 0.0911. The average Bonchev–Trinajstić information content (AvgIpc) is 2.36. The van der Waals surface area contributed by atoms with Crippen molar-refractivity contribution < 1.29 is 9.53 Å². The second-order valence-electron chi connectivity index (χ2n) is 2.58. The van der Waals surface area contributed by atoms with E-state index in [0.717, 1.165) is 0 Å². The predicted molar refractivity (Wildman–Crippen MR) is 39.4 cm³/mol. The fraction of sp³-hybridized carbons (Fsp3) is 0.833. The molecule has 12 heavy (non-hydrogen) atoms. The van der Waals surface area contributed by atoms with Gasteiger partial charge in [-0.15, -0.1) is 10.2 Å². The zero-order chi connectivity index (χ0) is 9.03. The van der Waals surface area contributed by atoms with Gasteiger partial charge in [0.25, 0.3) is 0 Å². The lowest BCUT2D eigenvalue weighted by atomic mass is 10.1. The van der Waals surface area contributed by atoms with Crippen molar-refractivity contribution in [3.63, 3.8) is 0 Å². The third-order valence-corrected chi connectivity index (χ3v) is 1.34. The molecule has 0 saturated carbocycles. The van der Waals surface area contributed by atoms with Gasteiger partial charge in [0, 0.05) is 0 Å². The highest BCUT2D eigenvalue weighted by Crippen LogP contribution is 2.23. The zero-order valence-electron chi connectivity index (χ0n) is 7.02. The van der Waals surface area contributed by atoms with Crippen LogP contribution >= 0.6 is 0 Å². The van der Waals surface area contributed by atoms with E-state index in [1.165, 1.54) is 0 Å². The van der Waals surface area contributed by atoms with Gasteiger partial charge < -0.3 is 4.74 Å². The molecule has 0 amide bonds. The summed E-state index contributed by atoms with van der Waals surface area (Å²) in [5.41, 5.74) is -0.841. The van der Waals surface area contributed by atoms with Gasteiger partial charge in [-0.05, 0) is 24.3 Å². The molecule has 0 unspecified atom stereocenters. The van der Waals surface area contributed by atoms with Gasteiger partial charge in [-0.1, -0.05) is 0 Å². The topological polar surface area (TPSA) is 75.7 Å². The highest BCUT2D eigenvalue weighted by atomic mass is 16.5. The molecule has 0 saturated heterocycles. The van der Waals surface area contributed by atoms with Crippen LogP contribution in [0.5, 0.6) is 0 Å². The Morgan fingerprint density at radius 2 is 2.00 bits per heavy atom. The minimum Gasteiger partial charge on any atom is -0.466 e. The highest BCUT2D eigenvalue weighted by molar-refractivity contribution is 5.70. The molecule has 0 aromatic rings. The van der Waals surface area contributed by atoms with Gasteiger partial charge in [0.05, 0.1) is 13.0 Å². The molecule has 6 nitrogen and oxygen atoms in total. The summed E-state index contributed by atoms with van der Waals surface area (Å²) in [7, 11) is 0. The summed E-state index contributed by atoms with van der Waals surface area (Å²) >= 11 is 0. The number of nitrogens with zero attached hydrogens (tertiary/aromatic N) is 4. The van der Waals surface area contributed by atoms with Gasteiger partial charge >= 0.3 is 5.97 Å². The molecule has 1 aliphatic rings. The molecular weight excluding hydrogens is 160 g/mol. The highest BCUT2D eigenvalue weighted by Gasteiger charge is 2.30. The van der Waals surface area contributed by atoms with Crippen molar-refractivity contribution in [1.82, 2.24) is 0 Å². The lowest BCUT2D eigenvalue weighted by molar-refractivity contribution is -0.144. The first-order chi connectivity index (χ1) is 5.66. The van der Waals surface area contributed by atoms with Gasteiger partial charge in [0.15, 0.2) is 0 Å². The Morgan fingerprint density at radius 3 is 2.50 bits per heavy atom. The Labute approximate surface area is 69.7 Å². The molecular formula is C6H10N4O2. The van der Waals surface area contributed by atoms with Crippen LogP contribution in [0.1, 0.15) is 20.3 Å². The Balaban J connectivity index is 2.45. The maximum Gasteiger partial charge on any atom is 0.310 e. The number of hydrogen-bond donors (Lipinski definition) is 0. The molecule has 0 radical (unpaired) electrons. The first-order valence-electron chi connectivity index (χ1n) is 3.66. The third kappa shape index (κ3) is 2.08. The molecule has 1 aliphatic heterocycles. The van der Waals surface area contributed by atoms with Crippen molar-refractivity contribution in [2.24, 2.45) is 20.7 Å². The number of esters is 1. The van der Waals surface area contributed by atoms with E-state index in [9.17, 15) is 4.79 Å². The van der Waals surface area contributed by atoms with Gasteiger partial charge in [0.2, 0.25) is 5.66 Å². The Hall–Kier alpha value is -1.33. The SMILES string of the molecule is CCOC(=O)CC1(C)N=NN=N1. The molecule has 0 N–H and O–H groups in total. The van der Waals surface area contributed by atoms with E-state index in [4.69, 9.17) is 4.74 Å². The minimum absolute atomic E-state index is 0.0911. The van der Waals surface area contributed by atoms with Crippen LogP contribution in [-0.2, 0) is 9.53 Å². The van der Waals surface area contributed by atoms with Crippen molar-refractivity contribution in [2.75, 3.05) is 6.61 Å². The van der Waals surface area contributed by atoms with E-state index in [1.807, 2.05) is 0 Å². The molecule has 6 heteroatoms. The Kier molecular flexibility index (Phi) is 2.47. The maximum absolute atomic E-state index is 11.0.